The molecule has 1 aromatic carbocycles. The number of urea groups is 1. The van der Waals surface area contributed by atoms with Gasteiger partial charge < -0.3 is 5.11 Å². The number of benzene rings is 1. The zero-order chi connectivity index (χ0) is 15.0. The molecule has 1 aromatic heterocycles. The third-order valence-corrected chi connectivity index (χ3v) is 4.13. The molecule has 2 amide bonds. The van der Waals surface area contributed by atoms with Crippen molar-refractivity contribution >= 4 is 34.2 Å². The molecule has 2 N–H and O–H groups in total. The minimum Gasteiger partial charge on any atom is -0.478 e. The maximum absolute atomic E-state index is 12.3. The predicted molar refractivity (Wildman–Crippen MR) is 80.3 cm³/mol. The van der Waals surface area contributed by atoms with Crippen LogP contribution in [0.25, 0.3) is 0 Å². The van der Waals surface area contributed by atoms with Gasteiger partial charge in [0.1, 0.15) is 0 Å². The Bertz CT molecular complexity index is 726. The van der Waals surface area contributed by atoms with Crippen LogP contribution in [0.15, 0.2) is 24.4 Å². The molecule has 108 valence electrons. The zero-order valence-corrected chi connectivity index (χ0v) is 12.1. The first-order valence-corrected chi connectivity index (χ1v) is 7.23. The number of hydrogen-bond acceptors (Lipinski definition) is 4. The monoisotopic (exact) mass is 303 g/mol. The molecule has 0 saturated carbocycles. The Morgan fingerprint density at radius 3 is 2.90 bits per heavy atom. The molecular weight excluding hydrogens is 290 g/mol. The van der Waals surface area contributed by atoms with E-state index in [9.17, 15) is 9.59 Å². The van der Waals surface area contributed by atoms with E-state index in [-0.39, 0.29) is 11.6 Å². The van der Waals surface area contributed by atoms with Gasteiger partial charge in [-0.2, -0.15) is 0 Å². The van der Waals surface area contributed by atoms with Gasteiger partial charge in [-0.1, -0.05) is 0 Å². The SMILES string of the molecule is Cc1cnc(NC(=O)N2CCc3cc(C(=O)O)ccc32)s1. The lowest BCUT2D eigenvalue weighted by Crippen LogP contribution is -2.33. The second-order valence-electron chi connectivity index (χ2n) is 4.76. The second kappa shape index (κ2) is 5.17. The molecule has 0 saturated heterocycles. The van der Waals surface area contributed by atoms with Gasteiger partial charge in [0.15, 0.2) is 5.13 Å². The van der Waals surface area contributed by atoms with Gasteiger partial charge in [0.2, 0.25) is 0 Å². The summed E-state index contributed by atoms with van der Waals surface area (Å²) in [7, 11) is 0. The number of thiazole rings is 1. The van der Waals surface area contributed by atoms with Crippen LogP contribution in [0.4, 0.5) is 15.6 Å². The minimum absolute atomic E-state index is 0.242. The molecule has 7 heteroatoms. The van der Waals surface area contributed by atoms with E-state index >= 15 is 0 Å². The Balaban J connectivity index is 1.80. The molecule has 0 bridgehead atoms. The first kappa shape index (κ1) is 13.6. The van der Waals surface area contributed by atoms with E-state index in [2.05, 4.69) is 10.3 Å². The number of nitrogens with one attached hydrogen (secondary N) is 1. The summed E-state index contributed by atoms with van der Waals surface area (Å²) >= 11 is 1.42. The summed E-state index contributed by atoms with van der Waals surface area (Å²) in [6.07, 6.45) is 2.36. The standard InChI is InChI=1S/C14H13N3O3S/c1-8-7-15-13(21-8)16-14(20)17-5-4-9-6-10(12(18)19)2-3-11(9)17/h2-3,6-7H,4-5H2,1H3,(H,18,19)(H,15,16,20). The Morgan fingerprint density at radius 1 is 1.43 bits per heavy atom. The number of amides is 2. The van der Waals surface area contributed by atoms with Gasteiger partial charge in [-0.25, -0.2) is 14.6 Å². The largest absolute Gasteiger partial charge is 0.478 e. The molecule has 2 heterocycles. The molecule has 21 heavy (non-hydrogen) atoms. The number of aromatic nitrogens is 1. The highest BCUT2D eigenvalue weighted by Crippen LogP contribution is 2.29. The number of rotatable bonds is 2. The second-order valence-corrected chi connectivity index (χ2v) is 5.99. The maximum Gasteiger partial charge on any atom is 0.335 e. The number of carbonyl (C=O) groups is 2. The van der Waals surface area contributed by atoms with Crippen molar-refractivity contribution in [3.05, 3.63) is 40.4 Å². The molecule has 3 rings (SSSR count). The highest BCUT2D eigenvalue weighted by Gasteiger charge is 2.26. The van der Waals surface area contributed by atoms with E-state index in [1.165, 1.54) is 17.4 Å². The third-order valence-electron chi connectivity index (χ3n) is 3.30. The van der Waals surface area contributed by atoms with Gasteiger partial charge >= 0.3 is 12.0 Å². The van der Waals surface area contributed by atoms with Crippen LogP contribution >= 0.6 is 11.3 Å². The van der Waals surface area contributed by atoms with Crippen molar-refractivity contribution in [2.45, 2.75) is 13.3 Å². The Kier molecular flexibility index (Phi) is 3.34. The average molecular weight is 303 g/mol. The van der Waals surface area contributed by atoms with Crippen LogP contribution in [-0.2, 0) is 6.42 Å². The van der Waals surface area contributed by atoms with E-state index in [0.717, 1.165) is 16.1 Å². The van der Waals surface area contributed by atoms with Crippen LogP contribution in [-0.4, -0.2) is 28.6 Å². The zero-order valence-electron chi connectivity index (χ0n) is 11.3. The molecule has 0 fully saturated rings. The Morgan fingerprint density at radius 2 is 2.24 bits per heavy atom. The number of carboxylic acid groups (broad SMARTS) is 1. The maximum atomic E-state index is 12.3. The lowest BCUT2D eigenvalue weighted by molar-refractivity contribution is 0.0697. The number of carboxylic acids is 1. The molecule has 0 atom stereocenters. The minimum atomic E-state index is -0.959. The van der Waals surface area contributed by atoms with Crippen LogP contribution in [0, 0.1) is 6.92 Å². The van der Waals surface area contributed by atoms with Crippen molar-refractivity contribution < 1.29 is 14.7 Å². The molecule has 1 aliphatic heterocycles. The number of nitrogens with zero attached hydrogens (tertiary/aromatic N) is 2. The Labute approximate surface area is 125 Å². The summed E-state index contributed by atoms with van der Waals surface area (Å²) in [4.78, 5) is 30.0. The molecular formula is C14H13N3O3S. The fourth-order valence-electron chi connectivity index (χ4n) is 2.32. The number of carbonyl (C=O) groups excluding carboxylic acids is 1. The normalized spacial score (nSPS) is 13.1. The first-order chi connectivity index (χ1) is 10.0. The van der Waals surface area contributed by atoms with Crippen molar-refractivity contribution in [1.82, 2.24) is 4.98 Å². The molecule has 0 radical (unpaired) electrons. The van der Waals surface area contributed by atoms with Crippen molar-refractivity contribution in [3.8, 4) is 0 Å². The van der Waals surface area contributed by atoms with E-state index < -0.39 is 5.97 Å². The average Bonchev–Trinajstić information content (AvgIpc) is 3.04. The molecule has 0 spiro atoms. The fourth-order valence-corrected chi connectivity index (χ4v) is 2.97. The van der Waals surface area contributed by atoms with Crippen LogP contribution in [0.3, 0.4) is 0 Å². The molecule has 1 aliphatic rings. The van der Waals surface area contributed by atoms with Gasteiger partial charge in [-0.3, -0.25) is 10.2 Å². The van der Waals surface area contributed by atoms with E-state index in [0.29, 0.717) is 18.1 Å². The molecule has 0 unspecified atom stereocenters. The van der Waals surface area contributed by atoms with Crippen LogP contribution in [0.2, 0.25) is 0 Å². The van der Waals surface area contributed by atoms with Gasteiger partial charge in [0.05, 0.1) is 5.56 Å². The van der Waals surface area contributed by atoms with Gasteiger partial charge in [-0.05, 0) is 37.1 Å². The topological polar surface area (TPSA) is 82.5 Å². The van der Waals surface area contributed by atoms with Gasteiger partial charge in [0, 0.05) is 23.3 Å². The summed E-state index contributed by atoms with van der Waals surface area (Å²) in [5.74, 6) is -0.959. The summed E-state index contributed by atoms with van der Waals surface area (Å²) in [5, 5.41) is 12.3. The van der Waals surface area contributed by atoms with Crippen LogP contribution < -0.4 is 10.2 Å². The van der Waals surface area contributed by atoms with E-state index in [4.69, 9.17) is 5.11 Å². The van der Waals surface area contributed by atoms with Crippen molar-refractivity contribution in [1.29, 1.82) is 0 Å². The fraction of sp³-hybridized carbons (Fsp3) is 0.214. The van der Waals surface area contributed by atoms with Crippen molar-refractivity contribution in [2.24, 2.45) is 0 Å². The number of aromatic carboxylic acids is 1. The molecule has 6 nitrogen and oxygen atoms in total. The van der Waals surface area contributed by atoms with Gasteiger partial charge in [0.25, 0.3) is 0 Å². The summed E-state index contributed by atoms with van der Waals surface area (Å²) < 4.78 is 0. The number of hydrogen-bond donors (Lipinski definition) is 2. The quantitative estimate of drug-likeness (QED) is 0.893. The van der Waals surface area contributed by atoms with Crippen LogP contribution in [0.1, 0.15) is 20.8 Å². The number of aryl methyl sites for hydroxylation is 1. The van der Waals surface area contributed by atoms with Crippen LogP contribution in [0.5, 0.6) is 0 Å². The Hall–Kier alpha value is -2.41. The summed E-state index contributed by atoms with van der Waals surface area (Å²) in [6.45, 7) is 2.46. The van der Waals surface area contributed by atoms with Gasteiger partial charge in [-0.15, -0.1) is 11.3 Å². The summed E-state index contributed by atoms with van der Waals surface area (Å²) in [5.41, 5.74) is 1.87. The lowest BCUT2D eigenvalue weighted by Gasteiger charge is -2.17. The summed E-state index contributed by atoms with van der Waals surface area (Å²) in [6, 6.07) is 4.57. The lowest BCUT2D eigenvalue weighted by atomic mass is 10.1. The van der Waals surface area contributed by atoms with E-state index in [1.807, 2.05) is 6.92 Å². The number of anilines is 2. The van der Waals surface area contributed by atoms with E-state index in [1.54, 1.807) is 23.2 Å². The predicted octanol–water partition coefficient (Wildman–Crippen LogP) is 2.74. The molecule has 2 aromatic rings. The molecule has 0 aliphatic carbocycles. The number of fused-ring (bicyclic) bond motifs is 1. The third kappa shape index (κ3) is 2.59. The van der Waals surface area contributed by atoms with Crippen molar-refractivity contribution in [3.63, 3.8) is 0 Å². The highest BCUT2D eigenvalue weighted by molar-refractivity contribution is 7.15. The van der Waals surface area contributed by atoms with Crippen molar-refractivity contribution in [2.75, 3.05) is 16.8 Å². The highest BCUT2D eigenvalue weighted by atomic mass is 32.1. The smallest absolute Gasteiger partial charge is 0.335 e. The first-order valence-electron chi connectivity index (χ1n) is 6.42.